The van der Waals surface area contributed by atoms with Gasteiger partial charge in [0.05, 0.1) is 6.61 Å². The highest BCUT2D eigenvalue weighted by Crippen LogP contribution is 2.22. The van der Waals surface area contributed by atoms with Gasteiger partial charge in [0.2, 0.25) is 0 Å². The fraction of sp³-hybridized carbons (Fsp3) is 0.733. The van der Waals surface area contributed by atoms with Crippen molar-refractivity contribution in [3.63, 3.8) is 0 Å². The summed E-state index contributed by atoms with van der Waals surface area (Å²) in [6.45, 7) is 1.92. The third-order valence-corrected chi connectivity index (χ3v) is 3.97. The van der Waals surface area contributed by atoms with Crippen molar-refractivity contribution in [2.75, 3.05) is 13.7 Å². The molecule has 20 heavy (non-hydrogen) atoms. The molecule has 5 nitrogen and oxygen atoms in total. The third kappa shape index (κ3) is 4.53. The molecule has 0 saturated heterocycles. The summed E-state index contributed by atoms with van der Waals surface area (Å²) >= 11 is 0. The molecule has 0 aliphatic heterocycles. The van der Waals surface area contributed by atoms with Crippen LogP contribution in [0.5, 0.6) is 0 Å². The van der Waals surface area contributed by atoms with Gasteiger partial charge in [-0.2, -0.15) is 5.26 Å². The zero-order valence-corrected chi connectivity index (χ0v) is 12.4. The van der Waals surface area contributed by atoms with Crippen molar-refractivity contribution in [1.29, 1.82) is 5.26 Å². The molecule has 1 amide bonds. The molecule has 0 aromatic carbocycles. The maximum atomic E-state index is 12.3. The van der Waals surface area contributed by atoms with Gasteiger partial charge in [-0.25, -0.2) is 0 Å². The van der Waals surface area contributed by atoms with Crippen molar-refractivity contribution in [2.24, 2.45) is 0 Å². The molecule has 0 aromatic rings. The van der Waals surface area contributed by atoms with E-state index < -0.39 is 0 Å². The molecule has 1 atom stereocenters. The fourth-order valence-electron chi connectivity index (χ4n) is 2.47. The van der Waals surface area contributed by atoms with Gasteiger partial charge in [-0.3, -0.25) is 4.79 Å². The second kappa shape index (κ2) is 8.60. The van der Waals surface area contributed by atoms with E-state index in [2.05, 4.69) is 5.32 Å². The third-order valence-electron chi connectivity index (χ3n) is 3.97. The van der Waals surface area contributed by atoms with Crippen molar-refractivity contribution in [2.45, 2.75) is 57.5 Å². The minimum absolute atomic E-state index is 0.0155. The van der Waals surface area contributed by atoms with Crippen LogP contribution < -0.4 is 5.32 Å². The monoisotopic (exact) mass is 279 g/mol. The van der Waals surface area contributed by atoms with Crippen LogP contribution in [0.4, 0.5) is 0 Å². The molecule has 2 N–H and O–H groups in total. The van der Waals surface area contributed by atoms with Crippen LogP contribution in [0.2, 0.25) is 0 Å². The van der Waals surface area contributed by atoms with Crippen molar-refractivity contribution in [1.82, 2.24) is 10.2 Å². The minimum atomic E-state index is -0.236. The van der Waals surface area contributed by atoms with Gasteiger partial charge >= 0.3 is 0 Å². The highest BCUT2D eigenvalue weighted by molar-refractivity contribution is 5.97. The van der Waals surface area contributed by atoms with E-state index in [1.54, 1.807) is 11.9 Å². The summed E-state index contributed by atoms with van der Waals surface area (Å²) in [7, 11) is 1.77. The number of hydrogen-bond donors (Lipinski definition) is 2. The summed E-state index contributed by atoms with van der Waals surface area (Å²) in [6, 6.07) is 2.08. The van der Waals surface area contributed by atoms with Crippen molar-refractivity contribution in [3.8, 4) is 6.07 Å². The zero-order chi connectivity index (χ0) is 15.0. The minimum Gasteiger partial charge on any atom is -0.394 e. The van der Waals surface area contributed by atoms with E-state index in [1.807, 2.05) is 13.0 Å². The van der Waals surface area contributed by atoms with Crippen LogP contribution in [0, 0.1) is 11.3 Å². The first-order valence-electron chi connectivity index (χ1n) is 7.38. The average molecular weight is 279 g/mol. The summed E-state index contributed by atoms with van der Waals surface area (Å²) in [4.78, 5) is 14.0. The summed E-state index contributed by atoms with van der Waals surface area (Å²) in [6.07, 6.45) is 7.73. The molecular weight excluding hydrogens is 254 g/mol. The summed E-state index contributed by atoms with van der Waals surface area (Å²) < 4.78 is 0. The Morgan fingerprint density at radius 2 is 2.15 bits per heavy atom. The Balaban J connectivity index is 2.65. The Bertz CT molecular complexity index is 377. The van der Waals surface area contributed by atoms with E-state index in [0.29, 0.717) is 0 Å². The number of rotatable bonds is 6. The van der Waals surface area contributed by atoms with E-state index in [-0.39, 0.29) is 30.2 Å². The SMILES string of the molecule is CCC(CO)N/C=C(/C#N)C(=O)N(C)C1CCCCC1. The van der Waals surface area contributed by atoms with Gasteiger partial charge in [-0.1, -0.05) is 26.2 Å². The molecule has 5 heteroatoms. The van der Waals surface area contributed by atoms with Gasteiger partial charge in [0.15, 0.2) is 0 Å². The number of amides is 1. The normalized spacial score (nSPS) is 18.2. The molecule has 112 valence electrons. The van der Waals surface area contributed by atoms with E-state index in [4.69, 9.17) is 10.4 Å². The molecule has 1 aliphatic carbocycles. The van der Waals surface area contributed by atoms with Crippen LogP contribution in [0.15, 0.2) is 11.8 Å². The molecule has 0 heterocycles. The highest BCUT2D eigenvalue weighted by atomic mass is 16.3. The van der Waals surface area contributed by atoms with Crippen LogP contribution in [-0.4, -0.2) is 41.7 Å². The molecule has 1 unspecified atom stereocenters. The number of carbonyl (C=O) groups excluding carboxylic acids is 1. The molecule has 1 aliphatic rings. The summed E-state index contributed by atoms with van der Waals surface area (Å²) in [5.41, 5.74) is 0.102. The largest absolute Gasteiger partial charge is 0.394 e. The Kier molecular flexibility index (Phi) is 7.10. The molecule has 1 rings (SSSR count). The number of nitrogens with zero attached hydrogens (tertiary/aromatic N) is 2. The van der Waals surface area contributed by atoms with Crippen LogP contribution in [-0.2, 0) is 4.79 Å². The van der Waals surface area contributed by atoms with Gasteiger partial charge < -0.3 is 15.3 Å². The Hall–Kier alpha value is -1.54. The lowest BCUT2D eigenvalue weighted by Crippen LogP contribution is -2.39. The highest BCUT2D eigenvalue weighted by Gasteiger charge is 2.24. The number of hydrogen-bond acceptors (Lipinski definition) is 4. The second-order valence-corrected chi connectivity index (χ2v) is 5.33. The van der Waals surface area contributed by atoms with Crippen molar-refractivity contribution in [3.05, 3.63) is 11.8 Å². The van der Waals surface area contributed by atoms with Crippen molar-refractivity contribution >= 4 is 5.91 Å². The molecule has 0 radical (unpaired) electrons. The topological polar surface area (TPSA) is 76.4 Å². The molecule has 0 aromatic heterocycles. The summed E-state index contributed by atoms with van der Waals surface area (Å²) in [5, 5.41) is 21.2. The van der Waals surface area contributed by atoms with E-state index >= 15 is 0 Å². The van der Waals surface area contributed by atoms with Crippen LogP contribution in [0.3, 0.4) is 0 Å². The number of carbonyl (C=O) groups is 1. The quantitative estimate of drug-likeness (QED) is 0.571. The average Bonchev–Trinajstić information content (AvgIpc) is 2.51. The smallest absolute Gasteiger partial charge is 0.265 e. The molecule has 0 spiro atoms. The first-order chi connectivity index (χ1) is 9.63. The first-order valence-corrected chi connectivity index (χ1v) is 7.38. The molecule has 1 saturated carbocycles. The predicted molar refractivity (Wildman–Crippen MR) is 77.6 cm³/mol. The van der Waals surface area contributed by atoms with Gasteiger partial charge in [0, 0.05) is 25.3 Å². The van der Waals surface area contributed by atoms with E-state index in [1.165, 1.54) is 12.6 Å². The molecular formula is C15H25N3O2. The van der Waals surface area contributed by atoms with Crippen LogP contribution in [0.25, 0.3) is 0 Å². The van der Waals surface area contributed by atoms with E-state index in [9.17, 15) is 4.79 Å². The zero-order valence-electron chi connectivity index (χ0n) is 12.4. The van der Waals surface area contributed by atoms with Gasteiger partial charge in [0.25, 0.3) is 5.91 Å². The number of likely N-dealkylation sites (N-methyl/N-ethyl adjacent to an activating group) is 1. The van der Waals surface area contributed by atoms with Crippen molar-refractivity contribution < 1.29 is 9.90 Å². The van der Waals surface area contributed by atoms with Gasteiger partial charge in [-0.05, 0) is 19.3 Å². The summed E-state index contributed by atoms with van der Waals surface area (Å²) in [5.74, 6) is -0.236. The maximum Gasteiger partial charge on any atom is 0.265 e. The predicted octanol–water partition coefficient (Wildman–Crippen LogP) is 1.55. The molecule has 1 fully saturated rings. The fourth-order valence-corrected chi connectivity index (χ4v) is 2.47. The number of nitriles is 1. The first kappa shape index (κ1) is 16.5. The Labute approximate surface area is 121 Å². The molecule has 0 bridgehead atoms. The van der Waals surface area contributed by atoms with Gasteiger partial charge in [0.1, 0.15) is 11.6 Å². The van der Waals surface area contributed by atoms with Gasteiger partial charge in [-0.15, -0.1) is 0 Å². The lowest BCUT2D eigenvalue weighted by molar-refractivity contribution is -0.128. The second-order valence-electron chi connectivity index (χ2n) is 5.33. The van der Waals surface area contributed by atoms with Crippen LogP contribution >= 0.6 is 0 Å². The Morgan fingerprint density at radius 1 is 1.50 bits per heavy atom. The number of nitrogens with one attached hydrogen (secondary N) is 1. The lowest BCUT2D eigenvalue weighted by atomic mass is 9.94. The number of aliphatic hydroxyl groups is 1. The Morgan fingerprint density at radius 3 is 2.65 bits per heavy atom. The number of aliphatic hydroxyl groups excluding tert-OH is 1. The lowest BCUT2D eigenvalue weighted by Gasteiger charge is -2.31. The maximum absolute atomic E-state index is 12.3. The van der Waals surface area contributed by atoms with E-state index in [0.717, 1.165) is 32.1 Å². The standard InChI is InChI=1S/C15H25N3O2/c1-3-13(11-19)17-10-12(9-16)15(20)18(2)14-7-5-4-6-8-14/h10,13-14,17,19H,3-8,11H2,1-2H3/b12-10-. The van der Waals surface area contributed by atoms with Crippen LogP contribution in [0.1, 0.15) is 45.4 Å².